The zero-order chi connectivity index (χ0) is 14.2. The van der Waals surface area contributed by atoms with Crippen molar-refractivity contribution in [1.82, 2.24) is 20.4 Å². The highest BCUT2D eigenvalue weighted by molar-refractivity contribution is 5.28. The maximum atomic E-state index is 5.61. The van der Waals surface area contributed by atoms with Crippen molar-refractivity contribution < 1.29 is 4.74 Å². The predicted molar refractivity (Wildman–Crippen MR) is 77.2 cm³/mol. The second kappa shape index (κ2) is 7.74. The third-order valence-corrected chi connectivity index (χ3v) is 3.15. The Hall–Kier alpha value is -1.76. The van der Waals surface area contributed by atoms with Gasteiger partial charge in [0.15, 0.2) is 0 Å². The molecule has 0 amide bonds. The van der Waals surface area contributed by atoms with Gasteiger partial charge in [-0.25, -0.2) is 0 Å². The Kier molecular flexibility index (Phi) is 5.67. The van der Waals surface area contributed by atoms with E-state index in [2.05, 4.69) is 15.6 Å². The highest BCUT2D eigenvalue weighted by Crippen LogP contribution is 2.16. The molecule has 1 atom stereocenters. The molecule has 0 fully saturated rings. The smallest absolute Gasteiger partial charge is 0.101 e. The lowest BCUT2D eigenvalue weighted by Gasteiger charge is -2.12. The van der Waals surface area contributed by atoms with Crippen molar-refractivity contribution >= 4 is 0 Å². The van der Waals surface area contributed by atoms with E-state index in [0.29, 0.717) is 0 Å². The van der Waals surface area contributed by atoms with Crippen molar-refractivity contribution in [3.63, 3.8) is 0 Å². The number of nitrogens with one attached hydrogen (secondary N) is 1. The fraction of sp³-hybridized carbons (Fsp3) is 0.429. The minimum Gasteiger partial charge on any atom is -0.385 e. The van der Waals surface area contributed by atoms with Gasteiger partial charge in [-0.05, 0) is 31.4 Å². The summed E-state index contributed by atoms with van der Waals surface area (Å²) in [5.41, 5.74) is 4.60. The molecule has 0 spiro atoms. The average Bonchev–Trinajstić information content (AvgIpc) is 2.98. The van der Waals surface area contributed by atoms with E-state index < -0.39 is 0 Å². The van der Waals surface area contributed by atoms with Crippen LogP contribution in [0.15, 0.2) is 36.5 Å². The van der Waals surface area contributed by atoms with Gasteiger partial charge >= 0.3 is 0 Å². The van der Waals surface area contributed by atoms with E-state index >= 15 is 0 Å². The van der Waals surface area contributed by atoms with Gasteiger partial charge < -0.3 is 4.74 Å². The molecule has 0 aliphatic rings. The Morgan fingerprint density at radius 3 is 2.80 bits per heavy atom. The van der Waals surface area contributed by atoms with Gasteiger partial charge in [0.25, 0.3) is 0 Å². The lowest BCUT2D eigenvalue weighted by Crippen LogP contribution is -2.28. The third-order valence-electron chi connectivity index (χ3n) is 3.15. The maximum absolute atomic E-state index is 5.61. The molecule has 3 N–H and O–H groups in total. The van der Waals surface area contributed by atoms with E-state index in [9.17, 15) is 0 Å². The first-order valence-electron chi connectivity index (χ1n) is 6.78. The number of methoxy groups -OCH3 is 1. The van der Waals surface area contributed by atoms with E-state index in [1.54, 1.807) is 18.1 Å². The van der Waals surface area contributed by atoms with Crippen LogP contribution in [0.5, 0.6) is 0 Å². The van der Waals surface area contributed by atoms with Gasteiger partial charge in [-0.1, -0.05) is 18.2 Å². The van der Waals surface area contributed by atoms with Crippen molar-refractivity contribution in [3.05, 3.63) is 42.2 Å². The number of para-hydroxylation sites is 1. The second-order valence-corrected chi connectivity index (χ2v) is 4.60. The number of benzene rings is 1. The van der Waals surface area contributed by atoms with Crippen LogP contribution < -0.4 is 11.3 Å². The molecule has 2 aromatic rings. The molecule has 1 aromatic heterocycles. The Balaban J connectivity index is 1.99. The highest BCUT2D eigenvalue weighted by Gasteiger charge is 2.13. The molecule has 0 aliphatic heterocycles. The molecule has 20 heavy (non-hydrogen) atoms. The molecule has 6 nitrogen and oxygen atoms in total. The number of rotatable bonds is 8. The first kappa shape index (κ1) is 14.6. The predicted octanol–water partition coefficient (Wildman–Crippen LogP) is 1.59. The Bertz CT molecular complexity index is 499. The Morgan fingerprint density at radius 1 is 1.30 bits per heavy atom. The topological polar surface area (TPSA) is 78.0 Å². The highest BCUT2D eigenvalue weighted by atomic mass is 16.5. The quantitative estimate of drug-likeness (QED) is 0.434. The fourth-order valence-electron chi connectivity index (χ4n) is 2.03. The van der Waals surface area contributed by atoms with Gasteiger partial charge in [-0.15, -0.1) is 0 Å². The Morgan fingerprint density at radius 2 is 2.10 bits per heavy atom. The van der Waals surface area contributed by atoms with E-state index in [0.717, 1.165) is 37.3 Å². The monoisotopic (exact) mass is 275 g/mol. The van der Waals surface area contributed by atoms with Crippen LogP contribution in [0.1, 0.15) is 31.0 Å². The summed E-state index contributed by atoms with van der Waals surface area (Å²) in [5, 5.41) is 8.77. The maximum Gasteiger partial charge on any atom is 0.101 e. The van der Waals surface area contributed by atoms with Gasteiger partial charge in [0.2, 0.25) is 0 Å². The molecular formula is C14H21N5O. The van der Waals surface area contributed by atoms with Crippen LogP contribution in [0.25, 0.3) is 5.69 Å². The molecule has 1 heterocycles. The van der Waals surface area contributed by atoms with Crippen LogP contribution in [0.2, 0.25) is 0 Å². The number of ether oxygens (including phenoxy) is 1. The number of aromatic nitrogens is 3. The molecule has 0 radical (unpaired) electrons. The molecule has 2 rings (SSSR count). The summed E-state index contributed by atoms with van der Waals surface area (Å²) in [7, 11) is 1.71. The Labute approximate surface area is 118 Å². The fourth-order valence-corrected chi connectivity index (χ4v) is 2.03. The normalized spacial score (nSPS) is 12.5. The summed E-state index contributed by atoms with van der Waals surface area (Å²) < 4.78 is 5.04. The van der Waals surface area contributed by atoms with Crippen molar-refractivity contribution in [1.29, 1.82) is 0 Å². The van der Waals surface area contributed by atoms with Crippen LogP contribution in [0.4, 0.5) is 0 Å². The number of nitrogens with two attached hydrogens (primary N) is 1. The molecule has 6 heteroatoms. The third kappa shape index (κ3) is 3.86. The molecule has 0 saturated heterocycles. The van der Waals surface area contributed by atoms with Gasteiger partial charge in [0.05, 0.1) is 17.9 Å². The van der Waals surface area contributed by atoms with Crippen molar-refractivity contribution in [2.75, 3.05) is 13.7 Å². The molecule has 108 valence electrons. The molecule has 0 aliphatic carbocycles. The summed E-state index contributed by atoms with van der Waals surface area (Å²) in [6, 6.07) is 9.84. The van der Waals surface area contributed by atoms with Crippen molar-refractivity contribution in [2.24, 2.45) is 5.84 Å². The molecule has 1 aromatic carbocycles. The van der Waals surface area contributed by atoms with Crippen LogP contribution in [-0.4, -0.2) is 28.7 Å². The summed E-state index contributed by atoms with van der Waals surface area (Å²) >= 11 is 0. The van der Waals surface area contributed by atoms with Crippen molar-refractivity contribution in [3.8, 4) is 5.69 Å². The van der Waals surface area contributed by atoms with Crippen molar-refractivity contribution in [2.45, 2.75) is 25.3 Å². The van der Waals surface area contributed by atoms with E-state index in [1.807, 2.05) is 30.3 Å². The SMILES string of the molecule is COCCCCC(NN)c1cnn(-c2ccccc2)n1. The van der Waals surface area contributed by atoms with Crippen LogP contribution in [-0.2, 0) is 4.74 Å². The first-order valence-corrected chi connectivity index (χ1v) is 6.78. The lowest BCUT2D eigenvalue weighted by molar-refractivity contribution is 0.190. The summed E-state index contributed by atoms with van der Waals surface area (Å²) in [6.07, 6.45) is 4.71. The minimum absolute atomic E-state index is 0.0179. The standard InChI is InChI=1S/C14H21N5O/c1-20-10-6-5-9-13(17-15)14-11-16-19(18-14)12-7-3-2-4-8-12/h2-4,7-8,11,13,17H,5-6,9-10,15H2,1H3. The zero-order valence-electron chi connectivity index (χ0n) is 11.7. The van der Waals surface area contributed by atoms with Gasteiger partial charge in [-0.3, -0.25) is 11.3 Å². The summed E-state index contributed by atoms with van der Waals surface area (Å²) in [4.78, 5) is 1.62. The van der Waals surface area contributed by atoms with Gasteiger partial charge in [0, 0.05) is 13.7 Å². The summed E-state index contributed by atoms with van der Waals surface area (Å²) in [5.74, 6) is 5.61. The van der Waals surface area contributed by atoms with E-state index in [-0.39, 0.29) is 6.04 Å². The number of nitrogens with zero attached hydrogens (tertiary/aromatic N) is 3. The largest absolute Gasteiger partial charge is 0.385 e. The molecular weight excluding hydrogens is 254 g/mol. The average molecular weight is 275 g/mol. The summed E-state index contributed by atoms with van der Waals surface area (Å²) in [6.45, 7) is 0.772. The van der Waals surface area contributed by atoms with Crippen LogP contribution in [0, 0.1) is 0 Å². The van der Waals surface area contributed by atoms with Gasteiger partial charge in [0.1, 0.15) is 5.69 Å². The minimum atomic E-state index is 0.0179. The number of hydrogen-bond donors (Lipinski definition) is 2. The zero-order valence-corrected chi connectivity index (χ0v) is 11.7. The van der Waals surface area contributed by atoms with E-state index in [1.165, 1.54) is 0 Å². The van der Waals surface area contributed by atoms with Crippen LogP contribution >= 0.6 is 0 Å². The number of hydrazine groups is 1. The lowest BCUT2D eigenvalue weighted by atomic mass is 10.1. The van der Waals surface area contributed by atoms with E-state index in [4.69, 9.17) is 10.6 Å². The molecule has 1 unspecified atom stereocenters. The van der Waals surface area contributed by atoms with Gasteiger partial charge in [-0.2, -0.15) is 15.0 Å². The second-order valence-electron chi connectivity index (χ2n) is 4.60. The number of hydrogen-bond acceptors (Lipinski definition) is 5. The van der Waals surface area contributed by atoms with Crippen LogP contribution in [0.3, 0.4) is 0 Å². The first-order chi connectivity index (χ1) is 9.85. The number of unbranched alkanes of at least 4 members (excludes halogenated alkanes) is 1. The molecule has 0 saturated carbocycles. The molecule has 0 bridgehead atoms.